The van der Waals surface area contributed by atoms with Crippen LogP contribution in [0, 0.1) is 11.6 Å². The number of hydrogen-bond donors (Lipinski definition) is 1. The first-order valence-corrected chi connectivity index (χ1v) is 6.44. The normalized spacial score (nSPS) is 11.6. The quantitative estimate of drug-likeness (QED) is 0.478. The fraction of sp³-hybridized carbons (Fsp3) is 0.333. The molecule has 114 valence electrons. The van der Waals surface area contributed by atoms with Gasteiger partial charge in [0.15, 0.2) is 0 Å². The van der Waals surface area contributed by atoms with Crippen LogP contribution < -0.4 is 5.32 Å². The summed E-state index contributed by atoms with van der Waals surface area (Å²) in [7, 11) is 1.20. The molecule has 1 N–H and O–H groups in total. The van der Waals surface area contributed by atoms with E-state index in [2.05, 4.69) is 16.6 Å². The van der Waals surface area contributed by atoms with Crippen LogP contribution in [0.3, 0.4) is 0 Å². The molecule has 0 aliphatic heterocycles. The molecular weight excluding hydrogens is 280 g/mol. The number of benzene rings is 1. The van der Waals surface area contributed by atoms with Gasteiger partial charge in [-0.1, -0.05) is 6.08 Å². The SMILES string of the molecule is C=CCCC[C@H](NC(=O)c1ccc(F)cc1F)C(=O)OC. The zero-order valence-corrected chi connectivity index (χ0v) is 11.7. The van der Waals surface area contributed by atoms with Crippen LogP contribution in [0.4, 0.5) is 8.78 Å². The number of carbonyl (C=O) groups is 2. The summed E-state index contributed by atoms with van der Waals surface area (Å²) in [5.41, 5.74) is -0.325. The molecule has 0 saturated carbocycles. The molecule has 21 heavy (non-hydrogen) atoms. The maximum Gasteiger partial charge on any atom is 0.328 e. The molecule has 0 radical (unpaired) electrons. The number of esters is 1. The molecule has 0 unspecified atom stereocenters. The summed E-state index contributed by atoms with van der Waals surface area (Å²) in [6.07, 6.45) is 3.33. The molecule has 0 heterocycles. The third kappa shape index (κ3) is 4.98. The van der Waals surface area contributed by atoms with Crippen LogP contribution >= 0.6 is 0 Å². The second-order valence-corrected chi connectivity index (χ2v) is 4.39. The molecule has 6 heteroatoms. The number of rotatable bonds is 7. The van der Waals surface area contributed by atoms with E-state index >= 15 is 0 Å². The van der Waals surface area contributed by atoms with Crippen LogP contribution in [0.5, 0.6) is 0 Å². The highest BCUT2D eigenvalue weighted by atomic mass is 19.1. The van der Waals surface area contributed by atoms with E-state index < -0.39 is 29.6 Å². The predicted octanol–water partition coefficient (Wildman–Crippen LogP) is 2.59. The minimum atomic E-state index is -0.984. The minimum Gasteiger partial charge on any atom is -0.467 e. The summed E-state index contributed by atoms with van der Waals surface area (Å²) in [4.78, 5) is 23.5. The van der Waals surface area contributed by atoms with E-state index in [1.54, 1.807) is 6.08 Å². The van der Waals surface area contributed by atoms with E-state index in [-0.39, 0.29) is 5.56 Å². The molecule has 0 bridgehead atoms. The lowest BCUT2D eigenvalue weighted by atomic mass is 10.1. The Labute approximate surface area is 121 Å². The van der Waals surface area contributed by atoms with Crippen molar-refractivity contribution in [1.29, 1.82) is 0 Å². The van der Waals surface area contributed by atoms with Crippen molar-refractivity contribution in [3.63, 3.8) is 0 Å². The smallest absolute Gasteiger partial charge is 0.328 e. The van der Waals surface area contributed by atoms with Gasteiger partial charge in [-0.15, -0.1) is 6.58 Å². The lowest BCUT2D eigenvalue weighted by Crippen LogP contribution is -2.41. The zero-order valence-electron chi connectivity index (χ0n) is 11.7. The Bertz CT molecular complexity index is 532. The molecule has 1 amide bonds. The summed E-state index contributed by atoms with van der Waals surface area (Å²) in [6.45, 7) is 3.56. The third-order valence-corrected chi connectivity index (χ3v) is 2.87. The van der Waals surface area contributed by atoms with Crippen molar-refractivity contribution in [2.75, 3.05) is 7.11 Å². The number of hydrogen-bond acceptors (Lipinski definition) is 3. The van der Waals surface area contributed by atoms with E-state index in [1.807, 2.05) is 0 Å². The number of methoxy groups -OCH3 is 1. The van der Waals surface area contributed by atoms with Crippen molar-refractivity contribution in [3.05, 3.63) is 48.1 Å². The van der Waals surface area contributed by atoms with E-state index in [0.29, 0.717) is 25.3 Å². The van der Waals surface area contributed by atoms with Gasteiger partial charge in [-0.3, -0.25) is 4.79 Å². The Hall–Kier alpha value is -2.24. The fourth-order valence-electron chi connectivity index (χ4n) is 1.77. The van der Waals surface area contributed by atoms with Crippen LogP contribution in [0.15, 0.2) is 30.9 Å². The topological polar surface area (TPSA) is 55.4 Å². The van der Waals surface area contributed by atoms with Gasteiger partial charge in [0, 0.05) is 6.07 Å². The second-order valence-electron chi connectivity index (χ2n) is 4.39. The van der Waals surface area contributed by atoms with Gasteiger partial charge >= 0.3 is 5.97 Å². The average molecular weight is 297 g/mol. The fourth-order valence-corrected chi connectivity index (χ4v) is 1.77. The van der Waals surface area contributed by atoms with Crippen molar-refractivity contribution in [3.8, 4) is 0 Å². The highest BCUT2D eigenvalue weighted by molar-refractivity contribution is 5.96. The Kier molecular flexibility index (Phi) is 6.52. The van der Waals surface area contributed by atoms with Crippen molar-refractivity contribution < 1.29 is 23.1 Å². The maximum absolute atomic E-state index is 13.5. The molecule has 0 fully saturated rings. The lowest BCUT2D eigenvalue weighted by Gasteiger charge is -2.16. The highest BCUT2D eigenvalue weighted by Crippen LogP contribution is 2.11. The van der Waals surface area contributed by atoms with Crippen LogP contribution in [0.25, 0.3) is 0 Å². The van der Waals surface area contributed by atoms with Gasteiger partial charge in [0.1, 0.15) is 17.7 Å². The van der Waals surface area contributed by atoms with Crippen molar-refractivity contribution in [2.45, 2.75) is 25.3 Å². The monoisotopic (exact) mass is 297 g/mol. The van der Waals surface area contributed by atoms with Gasteiger partial charge in [0.25, 0.3) is 5.91 Å². The molecule has 1 aromatic rings. The van der Waals surface area contributed by atoms with Crippen LogP contribution in [-0.4, -0.2) is 25.0 Å². The molecule has 0 aromatic heterocycles. The Balaban J connectivity index is 2.79. The maximum atomic E-state index is 13.5. The summed E-state index contributed by atoms with van der Waals surface area (Å²) in [5.74, 6) is -3.17. The highest BCUT2D eigenvalue weighted by Gasteiger charge is 2.23. The van der Waals surface area contributed by atoms with Gasteiger partial charge in [-0.25, -0.2) is 13.6 Å². The van der Waals surface area contributed by atoms with Crippen LogP contribution in [0.1, 0.15) is 29.6 Å². The van der Waals surface area contributed by atoms with Crippen molar-refractivity contribution >= 4 is 11.9 Å². The molecule has 1 aromatic carbocycles. The number of allylic oxidation sites excluding steroid dienone is 1. The molecule has 0 spiro atoms. The first-order valence-electron chi connectivity index (χ1n) is 6.44. The van der Waals surface area contributed by atoms with Gasteiger partial charge < -0.3 is 10.1 Å². The first-order chi connectivity index (χ1) is 9.99. The lowest BCUT2D eigenvalue weighted by molar-refractivity contribution is -0.143. The van der Waals surface area contributed by atoms with E-state index in [1.165, 1.54) is 7.11 Å². The van der Waals surface area contributed by atoms with Crippen molar-refractivity contribution in [2.24, 2.45) is 0 Å². The Morgan fingerprint density at radius 1 is 1.43 bits per heavy atom. The molecule has 4 nitrogen and oxygen atoms in total. The summed E-state index contributed by atoms with van der Waals surface area (Å²) in [5, 5.41) is 2.39. The summed E-state index contributed by atoms with van der Waals surface area (Å²) < 4.78 is 30.9. The number of halogens is 2. The second kappa shape index (κ2) is 8.14. The van der Waals surface area contributed by atoms with Gasteiger partial charge in [0.05, 0.1) is 12.7 Å². The molecule has 1 atom stereocenters. The summed E-state index contributed by atoms with van der Waals surface area (Å²) >= 11 is 0. The largest absolute Gasteiger partial charge is 0.467 e. The number of ether oxygens (including phenoxy) is 1. The van der Waals surface area contributed by atoms with Gasteiger partial charge in [-0.2, -0.15) is 0 Å². The Morgan fingerprint density at radius 3 is 2.71 bits per heavy atom. The van der Waals surface area contributed by atoms with E-state index in [4.69, 9.17) is 0 Å². The number of amides is 1. The Morgan fingerprint density at radius 2 is 2.14 bits per heavy atom. The van der Waals surface area contributed by atoms with Gasteiger partial charge in [0.2, 0.25) is 0 Å². The van der Waals surface area contributed by atoms with Crippen LogP contribution in [-0.2, 0) is 9.53 Å². The number of carbonyl (C=O) groups excluding carboxylic acids is 2. The molecule has 1 rings (SSSR count). The molecule has 0 aliphatic rings. The third-order valence-electron chi connectivity index (χ3n) is 2.87. The van der Waals surface area contributed by atoms with Gasteiger partial charge in [-0.05, 0) is 31.4 Å². The standard InChI is InChI=1S/C15H17F2NO3/c1-3-4-5-6-13(15(20)21-2)18-14(19)11-8-7-10(16)9-12(11)17/h3,7-9,13H,1,4-6H2,2H3,(H,18,19)/t13-/m0/s1. The molecule has 0 saturated heterocycles. The average Bonchev–Trinajstić information content (AvgIpc) is 2.45. The number of unbranched alkanes of at least 4 members (excludes halogenated alkanes) is 1. The minimum absolute atomic E-state index is 0.325. The van der Waals surface area contributed by atoms with E-state index in [9.17, 15) is 18.4 Å². The van der Waals surface area contributed by atoms with E-state index in [0.717, 1.165) is 12.1 Å². The summed E-state index contributed by atoms with van der Waals surface area (Å²) in [6, 6.07) is 1.73. The zero-order chi connectivity index (χ0) is 15.8. The van der Waals surface area contributed by atoms with Crippen LogP contribution in [0.2, 0.25) is 0 Å². The predicted molar refractivity (Wildman–Crippen MR) is 73.7 cm³/mol. The molecular formula is C15H17F2NO3. The first kappa shape index (κ1) is 16.8. The van der Waals surface area contributed by atoms with Crippen molar-refractivity contribution in [1.82, 2.24) is 5.32 Å². The molecule has 0 aliphatic carbocycles. The number of nitrogens with one attached hydrogen (secondary N) is 1.